The Balaban J connectivity index is 2.26. The fraction of sp³-hybridized carbons (Fsp3) is 0.364. The zero-order chi connectivity index (χ0) is 12.4. The Bertz CT molecular complexity index is 525. The first-order valence-electron chi connectivity index (χ1n) is 5.25. The Morgan fingerprint density at radius 3 is 2.94 bits per heavy atom. The van der Waals surface area contributed by atoms with Gasteiger partial charge in [-0.3, -0.25) is 4.68 Å². The fourth-order valence-corrected chi connectivity index (χ4v) is 2.10. The number of rotatable bonds is 3. The van der Waals surface area contributed by atoms with E-state index in [0.717, 1.165) is 16.4 Å². The van der Waals surface area contributed by atoms with Crippen LogP contribution in [0.1, 0.15) is 23.1 Å². The number of nitrogens with zero attached hydrogens (tertiary/aromatic N) is 3. The van der Waals surface area contributed by atoms with Gasteiger partial charge in [0.2, 0.25) is 0 Å². The van der Waals surface area contributed by atoms with Crippen molar-refractivity contribution in [2.75, 3.05) is 6.61 Å². The summed E-state index contributed by atoms with van der Waals surface area (Å²) in [6.45, 7) is 4.10. The molecule has 0 spiro atoms. The average Bonchev–Trinajstić information content (AvgIpc) is 2.87. The first-order valence-corrected chi connectivity index (χ1v) is 6.13. The van der Waals surface area contributed by atoms with Crippen LogP contribution in [0.2, 0.25) is 0 Å². The van der Waals surface area contributed by atoms with E-state index in [1.54, 1.807) is 17.0 Å². The predicted molar refractivity (Wildman–Crippen MR) is 65.0 cm³/mol. The molecule has 0 bridgehead atoms. The number of thiazole rings is 1. The topological polar surface area (TPSA) is 57.0 Å². The van der Waals surface area contributed by atoms with Gasteiger partial charge in [-0.05, 0) is 19.9 Å². The number of ether oxygens (including phenoxy) is 1. The highest BCUT2D eigenvalue weighted by molar-refractivity contribution is 7.13. The molecule has 0 atom stereocenters. The van der Waals surface area contributed by atoms with Crippen molar-refractivity contribution in [2.45, 2.75) is 13.8 Å². The molecule has 0 aliphatic carbocycles. The highest BCUT2D eigenvalue weighted by atomic mass is 32.1. The number of carbonyl (C=O) groups excluding carboxylic acids is 1. The zero-order valence-electron chi connectivity index (χ0n) is 9.93. The predicted octanol–water partition coefficient (Wildman–Crippen LogP) is 2.03. The normalized spacial score (nSPS) is 10.5. The molecule has 0 aliphatic heterocycles. The van der Waals surface area contributed by atoms with E-state index in [4.69, 9.17) is 4.74 Å². The van der Waals surface area contributed by atoms with E-state index in [9.17, 15) is 4.79 Å². The van der Waals surface area contributed by atoms with Crippen molar-refractivity contribution in [1.82, 2.24) is 14.8 Å². The van der Waals surface area contributed by atoms with Crippen LogP contribution in [0.3, 0.4) is 0 Å². The summed E-state index contributed by atoms with van der Waals surface area (Å²) in [7, 11) is 1.87. The minimum absolute atomic E-state index is 0.343. The molecule has 0 fully saturated rings. The molecule has 2 aromatic rings. The van der Waals surface area contributed by atoms with Gasteiger partial charge in [0.15, 0.2) is 5.69 Å². The largest absolute Gasteiger partial charge is 0.461 e. The van der Waals surface area contributed by atoms with Gasteiger partial charge in [-0.15, -0.1) is 11.3 Å². The molecule has 0 saturated carbocycles. The summed E-state index contributed by atoms with van der Waals surface area (Å²) in [6, 6.07) is 1.94. The van der Waals surface area contributed by atoms with Crippen LogP contribution in [0, 0.1) is 6.92 Å². The molecule has 0 saturated heterocycles. The van der Waals surface area contributed by atoms with E-state index in [0.29, 0.717) is 12.3 Å². The third-order valence-electron chi connectivity index (χ3n) is 2.32. The van der Waals surface area contributed by atoms with Crippen LogP contribution in [0.25, 0.3) is 10.7 Å². The molecule has 2 rings (SSSR count). The smallest absolute Gasteiger partial charge is 0.357 e. The van der Waals surface area contributed by atoms with E-state index < -0.39 is 0 Å². The van der Waals surface area contributed by atoms with Crippen LogP contribution in [0.5, 0.6) is 0 Å². The van der Waals surface area contributed by atoms with Gasteiger partial charge in [0, 0.05) is 18.1 Å². The maximum atomic E-state index is 11.5. The molecule has 90 valence electrons. The number of hydrogen-bond donors (Lipinski definition) is 0. The lowest BCUT2D eigenvalue weighted by Gasteiger charge is -1.95. The van der Waals surface area contributed by atoms with Crippen LogP contribution in [0.4, 0.5) is 0 Å². The van der Waals surface area contributed by atoms with E-state index >= 15 is 0 Å². The Hall–Kier alpha value is -1.69. The first-order chi connectivity index (χ1) is 8.11. The summed E-state index contributed by atoms with van der Waals surface area (Å²) in [5, 5.41) is 6.74. The van der Waals surface area contributed by atoms with E-state index in [1.165, 1.54) is 11.3 Å². The minimum Gasteiger partial charge on any atom is -0.461 e. The molecule has 17 heavy (non-hydrogen) atoms. The Labute approximate surface area is 103 Å². The summed E-state index contributed by atoms with van der Waals surface area (Å²) in [5.74, 6) is -0.386. The minimum atomic E-state index is -0.386. The molecule has 5 nitrogen and oxygen atoms in total. The molecule has 0 radical (unpaired) electrons. The second-order valence-corrected chi connectivity index (χ2v) is 4.41. The van der Waals surface area contributed by atoms with Gasteiger partial charge in [-0.1, -0.05) is 0 Å². The molecule has 0 amide bonds. The van der Waals surface area contributed by atoms with Gasteiger partial charge in [-0.2, -0.15) is 5.10 Å². The molecular weight excluding hydrogens is 238 g/mol. The Morgan fingerprint density at radius 2 is 2.35 bits per heavy atom. The highest BCUT2D eigenvalue weighted by Crippen LogP contribution is 2.23. The number of esters is 1. The maximum Gasteiger partial charge on any atom is 0.357 e. The van der Waals surface area contributed by atoms with Gasteiger partial charge in [0.05, 0.1) is 6.61 Å². The fourth-order valence-electron chi connectivity index (χ4n) is 1.36. The van der Waals surface area contributed by atoms with Crippen molar-refractivity contribution in [3.63, 3.8) is 0 Å². The van der Waals surface area contributed by atoms with Crippen molar-refractivity contribution in [2.24, 2.45) is 7.05 Å². The van der Waals surface area contributed by atoms with Crippen LogP contribution < -0.4 is 0 Å². The van der Waals surface area contributed by atoms with E-state index in [1.807, 2.05) is 20.0 Å². The van der Waals surface area contributed by atoms with Gasteiger partial charge in [0.25, 0.3) is 0 Å². The number of aryl methyl sites for hydroxylation is 2. The van der Waals surface area contributed by atoms with Crippen LogP contribution in [0.15, 0.2) is 11.4 Å². The molecule has 0 N–H and O–H groups in total. The Kier molecular flexibility index (Phi) is 3.23. The SMILES string of the molecule is CCOC(=O)c1csc(-c2cc(C)n(C)n2)n1. The summed E-state index contributed by atoms with van der Waals surface area (Å²) < 4.78 is 6.66. The molecule has 0 unspecified atom stereocenters. The van der Waals surface area contributed by atoms with Crippen LogP contribution in [-0.4, -0.2) is 27.3 Å². The van der Waals surface area contributed by atoms with Gasteiger partial charge >= 0.3 is 5.97 Å². The summed E-state index contributed by atoms with van der Waals surface area (Å²) in [5.41, 5.74) is 2.17. The van der Waals surface area contributed by atoms with E-state index in [2.05, 4.69) is 10.1 Å². The standard InChI is InChI=1S/C11H13N3O2S/c1-4-16-11(15)9-6-17-10(12-9)8-5-7(2)14(3)13-8/h5-6H,4H2,1-3H3. The molecule has 0 aromatic carbocycles. The molecular formula is C11H13N3O2S. The zero-order valence-corrected chi connectivity index (χ0v) is 10.7. The third kappa shape index (κ3) is 2.36. The maximum absolute atomic E-state index is 11.5. The quantitative estimate of drug-likeness (QED) is 0.783. The monoisotopic (exact) mass is 251 g/mol. The third-order valence-corrected chi connectivity index (χ3v) is 3.19. The van der Waals surface area contributed by atoms with Crippen LogP contribution in [-0.2, 0) is 11.8 Å². The molecule has 2 heterocycles. The molecule has 6 heteroatoms. The van der Waals surface area contributed by atoms with Crippen molar-refractivity contribution >= 4 is 17.3 Å². The van der Waals surface area contributed by atoms with Gasteiger partial charge in [0.1, 0.15) is 10.7 Å². The summed E-state index contributed by atoms with van der Waals surface area (Å²) >= 11 is 1.39. The molecule has 2 aromatic heterocycles. The lowest BCUT2D eigenvalue weighted by Crippen LogP contribution is -2.04. The van der Waals surface area contributed by atoms with Crippen molar-refractivity contribution in [3.05, 3.63) is 22.8 Å². The van der Waals surface area contributed by atoms with Crippen molar-refractivity contribution in [3.8, 4) is 10.7 Å². The second kappa shape index (κ2) is 4.67. The second-order valence-electron chi connectivity index (χ2n) is 3.55. The number of hydrogen-bond acceptors (Lipinski definition) is 5. The van der Waals surface area contributed by atoms with Crippen molar-refractivity contribution in [1.29, 1.82) is 0 Å². The number of aromatic nitrogens is 3. The Morgan fingerprint density at radius 1 is 1.59 bits per heavy atom. The average molecular weight is 251 g/mol. The van der Waals surface area contributed by atoms with Gasteiger partial charge in [-0.25, -0.2) is 9.78 Å². The van der Waals surface area contributed by atoms with E-state index in [-0.39, 0.29) is 5.97 Å². The number of carbonyl (C=O) groups is 1. The first kappa shape index (κ1) is 11.8. The summed E-state index contributed by atoms with van der Waals surface area (Å²) in [4.78, 5) is 15.7. The summed E-state index contributed by atoms with van der Waals surface area (Å²) in [6.07, 6.45) is 0. The molecule has 0 aliphatic rings. The van der Waals surface area contributed by atoms with Crippen LogP contribution >= 0.6 is 11.3 Å². The highest BCUT2D eigenvalue weighted by Gasteiger charge is 2.14. The van der Waals surface area contributed by atoms with Gasteiger partial charge < -0.3 is 4.74 Å². The lowest BCUT2D eigenvalue weighted by molar-refractivity contribution is 0.0520. The van der Waals surface area contributed by atoms with Crippen molar-refractivity contribution < 1.29 is 9.53 Å². The lowest BCUT2D eigenvalue weighted by atomic mass is 10.4.